The molecule has 2 N–H and O–H groups in total. The van der Waals surface area contributed by atoms with E-state index in [0.29, 0.717) is 0 Å². The highest BCUT2D eigenvalue weighted by Crippen LogP contribution is 2.46. The fourth-order valence-electron chi connectivity index (χ4n) is 2.77. The van der Waals surface area contributed by atoms with Crippen molar-refractivity contribution in [2.45, 2.75) is 31.7 Å². The van der Waals surface area contributed by atoms with Crippen LogP contribution in [0.4, 0.5) is 37.7 Å². The predicted octanol–water partition coefficient (Wildman–Crippen LogP) is 3.95. The van der Waals surface area contributed by atoms with Crippen LogP contribution in [-0.4, -0.2) is 68.4 Å². The largest absolute Gasteiger partial charge is 0.421 e. The van der Waals surface area contributed by atoms with Crippen LogP contribution >= 0.6 is 67.8 Å². The lowest BCUT2D eigenvalue weighted by Crippen LogP contribution is -2.70. The summed E-state index contributed by atoms with van der Waals surface area (Å²) in [5.74, 6) is -6.21. The van der Waals surface area contributed by atoms with Gasteiger partial charge in [-0.05, 0) is 67.8 Å². The second kappa shape index (κ2) is 11.2. The highest BCUT2D eigenvalue weighted by atomic mass is 127. The third-order valence-corrected chi connectivity index (χ3v) is 8.73. The molecule has 0 saturated heterocycles. The number of alkyl halides is 6. The normalized spacial score (nSPS) is 12.8. The van der Waals surface area contributed by atoms with E-state index in [1.807, 2.05) is 0 Å². The number of amides is 3. The molecule has 0 aromatic heterocycles. The number of halogens is 9. The summed E-state index contributed by atoms with van der Waals surface area (Å²) in [7, 11) is -3.49. The summed E-state index contributed by atoms with van der Waals surface area (Å²) < 4.78 is 113. The molecular formula is C17H16F6I3N3O6S. The van der Waals surface area contributed by atoms with Gasteiger partial charge in [0.1, 0.15) is 5.75 Å². The minimum atomic E-state index is -6.42. The van der Waals surface area contributed by atoms with Gasteiger partial charge in [0, 0.05) is 27.9 Å². The van der Waals surface area contributed by atoms with E-state index < -0.39 is 57.0 Å². The van der Waals surface area contributed by atoms with Crippen molar-refractivity contribution in [1.29, 1.82) is 0 Å². The van der Waals surface area contributed by atoms with Gasteiger partial charge in [0.25, 0.3) is 16.0 Å². The number of anilines is 2. The summed E-state index contributed by atoms with van der Waals surface area (Å²) in [6.07, 6.45) is -12.8. The monoisotopic (exact) mass is 885 g/mol. The number of rotatable bonds is 6. The van der Waals surface area contributed by atoms with Crippen molar-refractivity contribution in [3.63, 3.8) is 0 Å². The van der Waals surface area contributed by atoms with Crippen LogP contribution in [0.25, 0.3) is 0 Å². The molecule has 0 radical (unpaired) electrons. The molecule has 0 aliphatic rings. The fourth-order valence-corrected chi connectivity index (χ4v) is 8.82. The van der Waals surface area contributed by atoms with Crippen LogP contribution in [-0.2, 0) is 19.7 Å². The topological polar surface area (TPSA) is 124 Å². The van der Waals surface area contributed by atoms with Gasteiger partial charge in [-0.1, -0.05) is 0 Å². The minimum Gasteiger partial charge on any atom is -0.329 e. The average molecular weight is 885 g/mol. The van der Waals surface area contributed by atoms with Crippen LogP contribution in [0.3, 0.4) is 0 Å². The van der Waals surface area contributed by atoms with E-state index in [1.54, 1.807) is 22.6 Å². The zero-order chi connectivity index (χ0) is 28.8. The summed E-state index contributed by atoms with van der Waals surface area (Å²) in [5.41, 5.74) is -6.39. The summed E-state index contributed by atoms with van der Waals surface area (Å²) in [6.45, 7) is 2.20. The Labute approximate surface area is 241 Å². The molecule has 0 atom stereocenters. The lowest BCUT2D eigenvalue weighted by molar-refractivity contribution is -0.296. The first-order chi connectivity index (χ1) is 15.9. The molecule has 9 nitrogen and oxygen atoms in total. The van der Waals surface area contributed by atoms with Crippen LogP contribution in [0.2, 0.25) is 0 Å². The number of benzene rings is 1. The van der Waals surface area contributed by atoms with E-state index >= 15 is 0 Å². The number of carbonyl (C=O) groups excluding carboxylic acids is 3. The zero-order valence-electron chi connectivity index (χ0n) is 18.4. The van der Waals surface area contributed by atoms with Crippen molar-refractivity contribution in [3.8, 4) is 0 Å². The summed E-state index contributed by atoms with van der Waals surface area (Å²) >= 11 is 4.57. The van der Waals surface area contributed by atoms with E-state index in [-0.39, 0.29) is 22.1 Å². The Morgan fingerprint density at radius 2 is 1.17 bits per heavy atom. The van der Waals surface area contributed by atoms with Gasteiger partial charge in [-0.3, -0.25) is 18.9 Å². The molecule has 0 spiro atoms. The number of hydrogen-bond acceptors (Lipinski definition) is 5. The molecule has 0 saturated carbocycles. The third kappa shape index (κ3) is 6.65. The van der Waals surface area contributed by atoms with E-state index in [4.69, 9.17) is 4.55 Å². The summed E-state index contributed by atoms with van der Waals surface area (Å²) in [5, 5.41) is 0.728. The van der Waals surface area contributed by atoms with Crippen molar-refractivity contribution >= 4 is 107 Å². The van der Waals surface area contributed by atoms with Gasteiger partial charge in [0.2, 0.25) is 17.4 Å². The molecule has 1 aromatic rings. The second-order valence-corrected chi connectivity index (χ2v) is 11.9. The molecule has 204 valence electrons. The molecule has 1 aromatic carbocycles. The van der Waals surface area contributed by atoms with Gasteiger partial charge >= 0.3 is 12.4 Å². The Bertz CT molecular complexity index is 1140. The van der Waals surface area contributed by atoms with Gasteiger partial charge in [0.05, 0.1) is 27.6 Å². The van der Waals surface area contributed by atoms with Gasteiger partial charge in [0.15, 0.2) is 0 Å². The number of carbonyl (C=O) groups is 3. The molecule has 0 aliphatic heterocycles. The van der Waals surface area contributed by atoms with E-state index in [2.05, 4.69) is 0 Å². The SMILES string of the molecule is CC(=O)N(C)c1c(I)c(C(=O)NC(CS(=O)(=O)O)(C(F)(F)F)C(F)(F)F)c(I)c(N(C)C(C)=O)c1I. The van der Waals surface area contributed by atoms with Crippen LogP contribution in [0.1, 0.15) is 24.2 Å². The first-order valence-corrected chi connectivity index (χ1v) is 13.9. The van der Waals surface area contributed by atoms with Crippen molar-refractivity contribution in [3.05, 3.63) is 16.3 Å². The summed E-state index contributed by atoms with van der Waals surface area (Å²) in [4.78, 5) is 39.1. The smallest absolute Gasteiger partial charge is 0.329 e. The first-order valence-electron chi connectivity index (χ1n) is 9.01. The Morgan fingerprint density at radius 1 is 0.833 bits per heavy atom. The van der Waals surface area contributed by atoms with Gasteiger partial charge in [-0.25, -0.2) is 0 Å². The van der Waals surface area contributed by atoms with Gasteiger partial charge in [-0.2, -0.15) is 34.8 Å². The predicted molar refractivity (Wildman–Crippen MR) is 141 cm³/mol. The molecule has 0 fully saturated rings. The number of nitrogens with zero attached hydrogens (tertiary/aromatic N) is 2. The maximum Gasteiger partial charge on any atom is 0.421 e. The van der Waals surface area contributed by atoms with E-state index in [9.17, 15) is 49.1 Å². The van der Waals surface area contributed by atoms with Crippen molar-refractivity contribution in [1.82, 2.24) is 5.32 Å². The third-order valence-electron chi connectivity index (χ3n) is 4.81. The molecule has 3 amide bonds. The van der Waals surface area contributed by atoms with Crippen LogP contribution in [0.15, 0.2) is 0 Å². The molecule has 19 heteroatoms. The maximum atomic E-state index is 13.7. The Hall–Kier alpha value is -0.690. The zero-order valence-corrected chi connectivity index (χ0v) is 25.7. The molecular weight excluding hydrogens is 869 g/mol. The molecule has 36 heavy (non-hydrogen) atoms. The molecule has 0 unspecified atom stereocenters. The first kappa shape index (κ1) is 33.3. The lowest BCUT2D eigenvalue weighted by atomic mass is 9.99. The van der Waals surface area contributed by atoms with Crippen LogP contribution in [0.5, 0.6) is 0 Å². The average Bonchev–Trinajstić information content (AvgIpc) is 2.63. The van der Waals surface area contributed by atoms with Crippen LogP contribution in [0, 0.1) is 10.7 Å². The van der Waals surface area contributed by atoms with E-state index in [0.717, 1.165) is 29.0 Å². The minimum absolute atomic E-state index is 0.100. The molecule has 1 rings (SSSR count). The highest BCUT2D eigenvalue weighted by Gasteiger charge is 2.73. The second-order valence-electron chi connectivity index (χ2n) is 7.25. The molecule has 0 aliphatic carbocycles. The quantitative estimate of drug-likeness (QED) is 0.254. The fraction of sp³-hybridized carbons (Fsp3) is 0.471. The highest BCUT2D eigenvalue weighted by molar-refractivity contribution is 14.1. The van der Waals surface area contributed by atoms with E-state index in [1.165, 1.54) is 59.3 Å². The van der Waals surface area contributed by atoms with Crippen molar-refractivity contribution in [2.24, 2.45) is 0 Å². The van der Waals surface area contributed by atoms with Gasteiger partial charge in [-0.15, -0.1) is 0 Å². The maximum absolute atomic E-state index is 13.7. The Kier molecular flexibility index (Phi) is 10.4. The van der Waals surface area contributed by atoms with Crippen molar-refractivity contribution < 1.29 is 53.7 Å². The molecule has 0 bridgehead atoms. The van der Waals surface area contributed by atoms with Crippen molar-refractivity contribution in [2.75, 3.05) is 29.6 Å². The summed E-state index contributed by atoms with van der Waals surface area (Å²) in [6, 6.07) is 0. The number of hydrogen-bond donors (Lipinski definition) is 2. The molecule has 0 heterocycles. The van der Waals surface area contributed by atoms with Crippen LogP contribution < -0.4 is 15.1 Å². The standard InChI is InChI=1S/C17H16F6I3N3O6S/c1-6(30)28(3)12-9(24)8(10(25)13(11(12)26)29(4)7(2)31)14(32)27-15(16(18,19)20,17(21,22)23)5-36(33,34)35/h5H2,1-4H3,(H,27,32)(H,33,34,35). The Morgan fingerprint density at radius 3 is 1.42 bits per heavy atom. The Balaban J connectivity index is 4.12. The number of nitrogens with one attached hydrogen (secondary N) is 1. The lowest BCUT2D eigenvalue weighted by Gasteiger charge is -2.37. The van der Waals surface area contributed by atoms with Gasteiger partial charge < -0.3 is 15.1 Å².